The average molecular weight is 465 g/mol. The molecule has 0 aliphatic heterocycles. The molecule has 0 spiro atoms. The summed E-state index contributed by atoms with van der Waals surface area (Å²) in [7, 11) is 0. The van der Waals surface area contributed by atoms with Crippen LogP contribution in [0.4, 0.5) is 0 Å². The molecule has 0 unspecified atom stereocenters. The minimum atomic E-state index is -0.697. The Balaban J connectivity index is 1.79. The molecule has 0 fully saturated rings. The summed E-state index contributed by atoms with van der Waals surface area (Å²) in [5.41, 5.74) is 1.69. The molecule has 5 rings (SSSR count). The van der Waals surface area contributed by atoms with E-state index >= 15 is 0 Å². The Labute approximate surface area is 198 Å². The number of pyridine rings is 2. The van der Waals surface area contributed by atoms with Crippen LogP contribution in [0.25, 0.3) is 38.9 Å². The molecule has 1 aromatic carbocycles. The van der Waals surface area contributed by atoms with Crippen molar-refractivity contribution < 1.29 is 5.11 Å². The minimum Gasteiger partial charge on any atom is -0.388 e. The largest absolute Gasteiger partial charge is 0.388 e. The fraction of sp³-hybridized carbons (Fsp3) is 0.160. The van der Waals surface area contributed by atoms with Crippen molar-refractivity contribution in [3.05, 3.63) is 87.2 Å². The van der Waals surface area contributed by atoms with E-state index in [0.29, 0.717) is 33.5 Å². The Bertz CT molecular complexity index is 1750. The van der Waals surface area contributed by atoms with Crippen molar-refractivity contribution in [3.63, 3.8) is 0 Å². The van der Waals surface area contributed by atoms with Crippen molar-refractivity contribution in [3.8, 4) is 23.0 Å². The van der Waals surface area contributed by atoms with E-state index in [1.54, 1.807) is 48.8 Å². The first-order valence-corrected chi connectivity index (χ1v) is 10.7. The second kappa shape index (κ2) is 8.23. The molecule has 0 saturated heterocycles. The number of hydrogen-bond donors (Lipinski definition) is 2. The van der Waals surface area contributed by atoms with E-state index in [-0.39, 0.29) is 17.8 Å². The SMILES string of the molecule is CC(C)(C#N)c1ccc(-n2c(=O)[nH]c(=O)c3cnc4ccc(-c5cnc(CO)nc5)nc4c32)cc1. The summed E-state index contributed by atoms with van der Waals surface area (Å²) in [6.07, 6.45) is 4.50. The minimum absolute atomic E-state index is 0.204. The molecule has 0 bridgehead atoms. The number of aromatic nitrogens is 6. The second-order valence-corrected chi connectivity index (χ2v) is 8.51. The number of benzene rings is 1. The number of nitrogens with one attached hydrogen (secondary N) is 1. The van der Waals surface area contributed by atoms with Crippen LogP contribution in [-0.4, -0.2) is 34.6 Å². The van der Waals surface area contributed by atoms with Crippen molar-refractivity contribution in [1.82, 2.24) is 29.5 Å². The summed E-state index contributed by atoms with van der Waals surface area (Å²) < 4.78 is 1.38. The molecule has 2 N–H and O–H groups in total. The van der Waals surface area contributed by atoms with E-state index in [1.807, 2.05) is 13.8 Å². The number of hydrogen-bond acceptors (Lipinski definition) is 8. The molecule has 0 saturated carbocycles. The lowest BCUT2D eigenvalue weighted by atomic mass is 9.86. The number of aromatic amines is 1. The summed E-state index contributed by atoms with van der Waals surface area (Å²) in [4.78, 5) is 45.3. The number of H-pyrrole nitrogens is 1. The molecule has 10 heteroatoms. The van der Waals surface area contributed by atoms with E-state index < -0.39 is 16.7 Å². The predicted octanol–water partition coefficient (Wildman–Crippen LogP) is 2.37. The smallest absolute Gasteiger partial charge is 0.333 e. The van der Waals surface area contributed by atoms with E-state index in [1.165, 1.54) is 10.8 Å². The Morgan fingerprint density at radius 2 is 1.74 bits per heavy atom. The maximum absolute atomic E-state index is 13.0. The van der Waals surface area contributed by atoms with Crippen molar-refractivity contribution in [2.75, 3.05) is 0 Å². The maximum Gasteiger partial charge on any atom is 0.333 e. The van der Waals surface area contributed by atoms with Gasteiger partial charge in [0.25, 0.3) is 5.56 Å². The second-order valence-electron chi connectivity index (χ2n) is 8.51. The molecular formula is C25H19N7O3. The summed E-state index contributed by atoms with van der Waals surface area (Å²) >= 11 is 0. The van der Waals surface area contributed by atoms with Crippen molar-refractivity contribution >= 4 is 21.9 Å². The monoisotopic (exact) mass is 465 g/mol. The van der Waals surface area contributed by atoms with Crippen LogP contribution < -0.4 is 11.2 Å². The first-order valence-electron chi connectivity index (χ1n) is 10.7. The fourth-order valence-corrected chi connectivity index (χ4v) is 3.83. The van der Waals surface area contributed by atoms with Crippen LogP contribution in [0.3, 0.4) is 0 Å². The first-order chi connectivity index (χ1) is 16.8. The number of fused-ring (bicyclic) bond motifs is 3. The number of aliphatic hydroxyl groups is 1. The standard InChI is InChI=1S/C25H19N7O3/c1-25(2,13-26)15-3-5-16(6-4-15)32-22-17(23(34)31-24(32)35)11-27-19-8-7-18(30-21(19)22)14-9-28-20(12-33)29-10-14/h3-11,33H,12H2,1-2H3,(H,31,34,35). The van der Waals surface area contributed by atoms with Gasteiger partial charge < -0.3 is 5.11 Å². The molecule has 5 aromatic rings. The van der Waals surface area contributed by atoms with Gasteiger partial charge in [0, 0.05) is 24.2 Å². The van der Waals surface area contributed by atoms with Gasteiger partial charge in [-0.15, -0.1) is 0 Å². The van der Waals surface area contributed by atoms with E-state index in [9.17, 15) is 20.0 Å². The molecule has 0 aliphatic rings. The summed E-state index contributed by atoms with van der Waals surface area (Å²) in [6, 6.07) is 12.8. The van der Waals surface area contributed by atoms with Crippen LogP contribution in [-0.2, 0) is 12.0 Å². The third kappa shape index (κ3) is 3.74. The molecule has 0 aliphatic carbocycles. The molecule has 0 atom stereocenters. The zero-order valence-electron chi connectivity index (χ0n) is 18.9. The summed E-state index contributed by atoms with van der Waals surface area (Å²) in [5, 5.41) is 18.8. The number of aliphatic hydroxyl groups excluding tert-OH is 1. The van der Waals surface area contributed by atoms with Gasteiger partial charge in [0.15, 0.2) is 5.82 Å². The summed E-state index contributed by atoms with van der Waals surface area (Å²) in [5.74, 6) is 0.282. The van der Waals surface area contributed by atoms with Gasteiger partial charge >= 0.3 is 5.69 Å². The van der Waals surface area contributed by atoms with Crippen LogP contribution in [0.2, 0.25) is 0 Å². The molecule has 172 valence electrons. The van der Waals surface area contributed by atoms with Gasteiger partial charge in [-0.25, -0.2) is 19.7 Å². The number of rotatable bonds is 4. The van der Waals surface area contributed by atoms with Gasteiger partial charge in [-0.2, -0.15) is 5.26 Å². The highest BCUT2D eigenvalue weighted by Gasteiger charge is 2.20. The zero-order chi connectivity index (χ0) is 24.7. The molecule has 4 aromatic heterocycles. The highest BCUT2D eigenvalue weighted by atomic mass is 16.3. The quantitative estimate of drug-likeness (QED) is 0.384. The van der Waals surface area contributed by atoms with E-state index in [2.05, 4.69) is 26.0 Å². The van der Waals surface area contributed by atoms with Crippen molar-refractivity contribution in [1.29, 1.82) is 5.26 Å². The molecular weight excluding hydrogens is 446 g/mol. The molecule has 4 heterocycles. The average Bonchev–Trinajstić information content (AvgIpc) is 2.88. The van der Waals surface area contributed by atoms with Gasteiger partial charge in [0.05, 0.1) is 39.3 Å². The lowest BCUT2D eigenvalue weighted by molar-refractivity contribution is 0.271. The van der Waals surface area contributed by atoms with Crippen molar-refractivity contribution in [2.45, 2.75) is 25.9 Å². The normalized spacial score (nSPS) is 11.6. The highest BCUT2D eigenvalue weighted by molar-refractivity contribution is 6.01. The van der Waals surface area contributed by atoms with Crippen LogP contribution in [0, 0.1) is 11.3 Å². The molecule has 0 radical (unpaired) electrons. The van der Waals surface area contributed by atoms with Gasteiger partial charge in [-0.05, 0) is 43.7 Å². The molecule has 10 nitrogen and oxygen atoms in total. The highest BCUT2D eigenvalue weighted by Crippen LogP contribution is 2.27. The van der Waals surface area contributed by atoms with E-state index in [0.717, 1.165) is 5.56 Å². The third-order valence-electron chi connectivity index (χ3n) is 5.85. The van der Waals surface area contributed by atoms with Gasteiger partial charge in [0.2, 0.25) is 0 Å². The Hall–Kier alpha value is -4.75. The lowest BCUT2D eigenvalue weighted by Gasteiger charge is -2.17. The number of nitrogens with zero attached hydrogens (tertiary/aromatic N) is 6. The topological polar surface area (TPSA) is 150 Å². The Kier molecular flexibility index (Phi) is 5.19. The fourth-order valence-electron chi connectivity index (χ4n) is 3.83. The zero-order valence-corrected chi connectivity index (χ0v) is 18.9. The Morgan fingerprint density at radius 3 is 2.40 bits per heavy atom. The predicted molar refractivity (Wildman–Crippen MR) is 129 cm³/mol. The third-order valence-corrected chi connectivity index (χ3v) is 5.85. The van der Waals surface area contributed by atoms with Crippen LogP contribution >= 0.6 is 0 Å². The molecule has 35 heavy (non-hydrogen) atoms. The van der Waals surface area contributed by atoms with Crippen LogP contribution in [0.5, 0.6) is 0 Å². The van der Waals surface area contributed by atoms with Gasteiger partial charge in [-0.3, -0.25) is 19.3 Å². The van der Waals surface area contributed by atoms with Gasteiger partial charge in [-0.1, -0.05) is 12.1 Å². The van der Waals surface area contributed by atoms with Crippen LogP contribution in [0.15, 0.2) is 64.6 Å². The maximum atomic E-state index is 13.0. The van der Waals surface area contributed by atoms with Gasteiger partial charge in [0.1, 0.15) is 12.1 Å². The Morgan fingerprint density at radius 1 is 1.03 bits per heavy atom. The first kappa shape index (κ1) is 22.1. The summed E-state index contributed by atoms with van der Waals surface area (Å²) in [6.45, 7) is 3.34. The lowest BCUT2D eigenvalue weighted by Crippen LogP contribution is -2.29. The van der Waals surface area contributed by atoms with E-state index in [4.69, 9.17) is 4.98 Å². The van der Waals surface area contributed by atoms with Crippen molar-refractivity contribution in [2.24, 2.45) is 0 Å². The molecule has 0 amide bonds. The number of nitriles is 1. The van der Waals surface area contributed by atoms with Crippen LogP contribution in [0.1, 0.15) is 25.2 Å².